The molecule has 0 aliphatic carbocycles. The lowest BCUT2D eigenvalue weighted by Gasteiger charge is -2.34. The molecular weight excluding hydrogens is 294 g/mol. The van der Waals surface area contributed by atoms with Gasteiger partial charge in [-0.15, -0.1) is 11.3 Å². The first-order chi connectivity index (χ1) is 10.7. The molecule has 0 bridgehead atoms. The van der Waals surface area contributed by atoms with Crippen LogP contribution in [-0.2, 0) is 16.0 Å². The molecule has 0 saturated carbocycles. The molecule has 2 aromatic rings. The number of nitrogens with zero attached hydrogens (tertiary/aromatic N) is 1. The summed E-state index contributed by atoms with van der Waals surface area (Å²) < 4.78 is 7.19. The molecule has 1 aromatic heterocycles. The fourth-order valence-corrected chi connectivity index (χ4v) is 4.83. The van der Waals surface area contributed by atoms with E-state index in [1.165, 1.54) is 15.6 Å². The number of thiophene rings is 1. The van der Waals surface area contributed by atoms with Crippen LogP contribution in [0.15, 0.2) is 29.6 Å². The molecule has 3 atom stereocenters. The quantitative estimate of drug-likeness (QED) is 0.849. The lowest BCUT2D eigenvalue weighted by Crippen LogP contribution is -2.45. The first kappa shape index (κ1) is 14.2. The second-order valence-corrected chi connectivity index (χ2v) is 7.45. The smallest absolute Gasteiger partial charge is 0.227 e. The standard InChI is InChI=1S/C18H21NO2S/c1-12-8-13-10-19(7-6-16(13)21-12)18(20)9-14-11-22-17-5-3-2-4-15(14)17/h2-5,11-13,16H,6-10H2,1H3/t12-,13-,16+/m0/s1. The minimum atomic E-state index is 0.265. The molecule has 0 unspecified atom stereocenters. The van der Waals surface area contributed by atoms with Crippen molar-refractivity contribution in [3.05, 3.63) is 35.2 Å². The normalized spacial score (nSPS) is 28.0. The highest BCUT2D eigenvalue weighted by atomic mass is 32.1. The summed E-state index contributed by atoms with van der Waals surface area (Å²) >= 11 is 1.73. The number of rotatable bonds is 2. The first-order valence-corrected chi connectivity index (χ1v) is 8.97. The van der Waals surface area contributed by atoms with Gasteiger partial charge in [-0.3, -0.25) is 4.79 Å². The Balaban J connectivity index is 1.46. The van der Waals surface area contributed by atoms with Gasteiger partial charge in [0.05, 0.1) is 18.6 Å². The SMILES string of the molecule is C[C@H]1C[C@H]2CN(C(=O)Cc3csc4ccccc34)CC[C@H]2O1. The van der Waals surface area contributed by atoms with Crippen molar-refractivity contribution in [3.8, 4) is 0 Å². The zero-order valence-corrected chi connectivity index (χ0v) is 13.6. The van der Waals surface area contributed by atoms with Gasteiger partial charge < -0.3 is 9.64 Å². The third-order valence-corrected chi connectivity index (χ3v) is 5.97. The highest BCUT2D eigenvalue weighted by Gasteiger charge is 2.38. The van der Waals surface area contributed by atoms with Crippen molar-refractivity contribution in [1.82, 2.24) is 4.90 Å². The second kappa shape index (κ2) is 5.67. The van der Waals surface area contributed by atoms with Crippen LogP contribution in [0.25, 0.3) is 10.1 Å². The third kappa shape index (κ3) is 2.55. The second-order valence-electron chi connectivity index (χ2n) is 6.54. The van der Waals surface area contributed by atoms with Crippen LogP contribution in [0.5, 0.6) is 0 Å². The van der Waals surface area contributed by atoms with Gasteiger partial charge in [0.2, 0.25) is 5.91 Å². The molecule has 2 fully saturated rings. The molecule has 4 heteroatoms. The van der Waals surface area contributed by atoms with Crippen molar-refractivity contribution in [3.63, 3.8) is 0 Å². The number of benzene rings is 1. The number of carbonyl (C=O) groups excluding carboxylic acids is 1. The van der Waals surface area contributed by atoms with Gasteiger partial charge in [0.15, 0.2) is 0 Å². The molecule has 22 heavy (non-hydrogen) atoms. The predicted octanol–water partition coefficient (Wildman–Crippen LogP) is 3.47. The highest BCUT2D eigenvalue weighted by Crippen LogP contribution is 2.33. The lowest BCUT2D eigenvalue weighted by molar-refractivity contribution is -0.133. The molecule has 1 aromatic carbocycles. The molecule has 0 spiro atoms. The van der Waals surface area contributed by atoms with Crippen LogP contribution in [0.1, 0.15) is 25.3 Å². The van der Waals surface area contributed by atoms with Crippen LogP contribution in [-0.4, -0.2) is 36.1 Å². The molecule has 2 saturated heterocycles. The summed E-state index contributed by atoms with van der Waals surface area (Å²) in [6.45, 7) is 3.85. The summed E-state index contributed by atoms with van der Waals surface area (Å²) in [5.41, 5.74) is 1.17. The highest BCUT2D eigenvalue weighted by molar-refractivity contribution is 7.17. The number of likely N-dealkylation sites (tertiary alicyclic amines) is 1. The Morgan fingerprint density at radius 1 is 1.41 bits per heavy atom. The maximum Gasteiger partial charge on any atom is 0.227 e. The average Bonchev–Trinajstić information content (AvgIpc) is 3.09. The molecule has 116 valence electrons. The number of amides is 1. The van der Waals surface area contributed by atoms with Gasteiger partial charge in [-0.2, -0.15) is 0 Å². The van der Waals surface area contributed by atoms with Gasteiger partial charge in [-0.25, -0.2) is 0 Å². The van der Waals surface area contributed by atoms with Crippen LogP contribution in [0, 0.1) is 5.92 Å². The first-order valence-electron chi connectivity index (χ1n) is 8.09. The van der Waals surface area contributed by atoms with E-state index in [0.717, 1.165) is 25.9 Å². The summed E-state index contributed by atoms with van der Waals surface area (Å²) in [7, 11) is 0. The van der Waals surface area contributed by atoms with E-state index in [2.05, 4.69) is 35.4 Å². The average molecular weight is 315 g/mol. The van der Waals surface area contributed by atoms with Gasteiger partial charge in [0.25, 0.3) is 0 Å². The molecule has 4 rings (SSSR count). The Kier molecular flexibility index (Phi) is 3.66. The van der Waals surface area contributed by atoms with Crippen LogP contribution in [0.3, 0.4) is 0 Å². The van der Waals surface area contributed by atoms with E-state index < -0.39 is 0 Å². The maximum atomic E-state index is 12.7. The summed E-state index contributed by atoms with van der Waals surface area (Å²) in [4.78, 5) is 14.7. The van der Waals surface area contributed by atoms with Crippen LogP contribution in [0.4, 0.5) is 0 Å². The summed E-state index contributed by atoms with van der Waals surface area (Å²) in [6, 6.07) is 8.34. The van der Waals surface area contributed by atoms with E-state index in [9.17, 15) is 4.79 Å². The number of hydrogen-bond acceptors (Lipinski definition) is 3. The van der Waals surface area contributed by atoms with E-state index in [4.69, 9.17) is 4.74 Å². The van der Waals surface area contributed by atoms with E-state index in [1.807, 2.05) is 6.07 Å². The van der Waals surface area contributed by atoms with Crippen LogP contribution in [0.2, 0.25) is 0 Å². The Hall–Kier alpha value is -1.39. The Labute approximate surface area is 134 Å². The summed E-state index contributed by atoms with van der Waals surface area (Å²) in [5.74, 6) is 0.800. The van der Waals surface area contributed by atoms with Gasteiger partial charge in [-0.1, -0.05) is 18.2 Å². The van der Waals surface area contributed by atoms with Crippen molar-refractivity contribution < 1.29 is 9.53 Å². The van der Waals surface area contributed by atoms with E-state index in [-0.39, 0.29) is 5.91 Å². The van der Waals surface area contributed by atoms with Crippen molar-refractivity contribution in [2.24, 2.45) is 5.92 Å². The Morgan fingerprint density at radius 3 is 3.18 bits per heavy atom. The van der Waals surface area contributed by atoms with Crippen molar-refractivity contribution in [2.75, 3.05) is 13.1 Å². The van der Waals surface area contributed by atoms with Crippen LogP contribution < -0.4 is 0 Å². The van der Waals surface area contributed by atoms with Crippen molar-refractivity contribution >= 4 is 27.3 Å². The van der Waals surface area contributed by atoms with Crippen molar-refractivity contribution in [1.29, 1.82) is 0 Å². The molecule has 2 aliphatic heterocycles. The third-order valence-electron chi connectivity index (χ3n) is 4.96. The number of hydrogen-bond donors (Lipinski definition) is 0. The molecule has 2 aliphatic rings. The van der Waals surface area contributed by atoms with Crippen molar-refractivity contribution in [2.45, 2.75) is 38.4 Å². The monoisotopic (exact) mass is 315 g/mol. The minimum Gasteiger partial charge on any atom is -0.375 e. The minimum absolute atomic E-state index is 0.265. The molecule has 1 amide bonds. The molecule has 0 N–H and O–H groups in total. The number of piperidine rings is 1. The molecule has 0 radical (unpaired) electrons. The lowest BCUT2D eigenvalue weighted by atomic mass is 9.92. The van der Waals surface area contributed by atoms with E-state index >= 15 is 0 Å². The summed E-state index contributed by atoms with van der Waals surface area (Å²) in [6.07, 6.45) is 3.34. The fourth-order valence-electron chi connectivity index (χ4n) is 3.87. The van der Waals surface area contributed by atoms with Gasteiger partial charge in [0.1, 0.15) is 0 Å². The zero-order valence-electron chi connectivity index (χ0n) is 12.8. The zero-order chi connectivity index (χ0) is 15.1. The van der Waals surface area contributed by atoms with Gasteiger partial charge >= 0.3 is 0 Å². The van der Waals surface area contributed by atoms with E-state index in [0.29, 0.717) is 24.5 Å². The number of fused-ring (bicyclic) bond motifs is 2. The topological polar surface area (TPSA) is 29.5 Å². The van der Waals surface area contributed by atoms with E-state index in [1.54, 1.807) is 11.3 Å². The molecule has 3 nitrogen and oxygen atoms in total. The number of ether oxygens (including phenoxy) is 1. The largest absolute Gasteiger partial charge is 0.375 e. The predicted molar refractivity (Wildman–Crippen MR) is 89.2 cm³/mol. The van der Waals surface area contributed by atoms with Crippen LogP contribution >= 0.6 is 11.3 Å². The fraction of sp³-hybridized carbons (Fsp3) is 0.500. The Bertz CT molecular complexity index is 695. The maximum absolute atomic E-state index is 12.7. The van der Waals surface area contributed by atoms with Gasteiger partial charge in [-0.05, 0) is 42.2 Å². The molecule has 3 heterocycles. The number of carbonyl (C=O) groups is 1. The molecular formula is C18H21NO2S. The van der Waals surface area contributed by atoms with Gasteiger partial charge in [0, 0.05) is 23.7 Å². The summed E-state index contributed by atoms with van der Waals surface area (Å²) in [5, 5.41) is 3.37. The Morgan fingerprint density at radius 2 is 2.27 bits per heavy atom.